The Labute approximate surface area is 153 Å². The van der Waals surface area contributed by atoms with Gasteiger partial charge in [-0.05, 0) is 30.3 Å². The average molecular weight is 360 g/mol. The Kier molecular flexibility index (Phi) is 5.95. The Balaban J connectivity index is 1.83. The van der Waals surface area contributed by atoms with Crippen LogP contribution in [0.1, 0.15) is 30.0 Å². The fraction of sp³-hybridized carbons (Fsp3) is 0.350. The molecule has 1 atom stereocenters. The van der Waals surface area contributed by atoms with Gasteiger partial charge in [0.2, 0.25) is 0 Å². The van der Waals surface area contributed by atoms with E-state index in [4.69, 9.17) is 16.3 Å². The molecule has 1 aliphatic heterocycles. The van der Waals surface area contributed by atoms with Gasteiger partial charge in [0.1, 0.15) is 17.5 Å². The average Bonchev–Trinajstić information content (AvgIpc) is 3.16. The number of hydrogen-bond acceptors (Lipinski definition) is 3. The number of phenols is 1. The molecule has 0 aliphatic carbocycles. The van der Waals surface area contributed by atoms with E-state index in [0.717, 1.165) is 18.8 Å². The SMILES string of the molecule is COc1ccccc1[C@H](CN=Cc1cc(Cl)ccc1O)[NH+]1CCCC1. The van der Waals surface area contributed by atoms with Crippen LogP contribution in [0.15, 0.2) is 47.5 Å². The van der Waals surface area contributed by atoms with Gasteiger partial charge in [0.15, 0.2) is 0 Å². The molecule has 0 radical (unpaired) electrons. The second-order valence-electron chi connectivity index (χ2n) is 6.36. The molecule has 132 valence electrons. The van der Waals surface area contributed by atoms with Gasteiger partial charge >= 0.3 is 0 Å². The van der Waals surface area contributed by atoms with Gasteiger partial charge in [-0.1, -0.05) is 23.7 Å². The molecule has 2 aromatic rings. The molecule has 2 aromatic carbocycles. The van der Waals surface area contributed by atoms with Gasteiger partial charge in [-0.25, -0.2) is 0 Å². The van der Waals surface area contributed by atoms with Crippen molar-refractivity contribution in [1.29, 1.82) is 0 Å². The number of methoxy groups -OCH3 is 1. The minimum atomic E-state index is 0.190. The standard InChI is InChI=1S/C20H23ClN2O2/c1-25-20-7-3-2-6-17(20)18(23-10-4-5-11-23)14-22-13-15-12-16(21)8-9-19(15)24/h2-3,6-9,12-13,18,24H,4-5,10-11,14H2,1H3/p+1/t18-/m0/s1. The van der Waals surface area contributed by atoms with Crippen molar-refractivity contribution in [3.63, 3.8) is 0 Å². The van der Waals surface area contributed by atoms with E-state index in [-0.39, 0.29) is 11.8 Å². The summed E-state index contributed by atoms with van der Waals surface area (Å²) < 4.78 is 5.56. The molecule has 0 spiro atoms. The summed E-state index contributed by atoms with van der Waals surface area (Å²) in [4.78, 5) is 6.16. The van der Waals surface area contributed by atoms with Crippen LogP contribution in [0.2, 0.25) is 5.02 Å². The van der Waals surface area contributed by atoms with E-state index in [1.807, 2.05) is 18.2 Å². The fourth-order valence-corrected chi connectivity index (χ4v) is 3.65. The molecule has 1 saturated heterocycles. The lowest BCUT2D eigenvalue weighted by atomic mass is 10.0. The van der Waals surface area contributed by atoms with Crippen molar-refractivity contribution in [3.8, 4) is 11.5 Å². The number of benzene rings is 2. The Morgan fingerprint density at radius 2 is 2.00 bits per heavy atom. The zero-order chi connectivity index (χ0) is 17.6. The van der Waals surface area contributed by atoms with E-state index >= 15 is 0 Å². The number of hydrogen-bond donors (Lipinski definition) is 2. The fourth-order valence-electron chi connectivity index (χ4n) is 3.46. The van der Waals surface area contributed by atoms with Crippen LogP contribution in [0.5, 0.6) is 11.5 Å². The third kappa shape index (κ3) is 4.33. The van der Waals surface area contributed by atoms with Crippen LogP contribution in [0.3, 0.4) is 0 Å². The predicted octanol–water partition coefficient (Wildman–Crippen LogP) is 2.89. The molecule has 0 aromatic heterocycles. The molecule has 25 heavy (non-hydrogen) atoms. The highest BCUT2D eigenvalue weighted by Gasteiger charge is 2.29. The van der Waals surface area contributed by atoms with Crippen molar-refractivity contribution in [2.24, 2.45) is 4.99 Å². The number of likely N-dealkylation sites (tertiary alicyclic amines) is 1. The zero-order valence-electron chi connectivity index (χ0n) is 14.4. The van der Waals surface area contributed by atoms with Gasteiger partial charge in [-0.3, -0.25) is 4.99 Å². The summed E-state index contributed by atoms with van der Waals surface area (Å²) in [6.07, 6.45) is 4.21. The van der Waals surface area contributed by atoms with E-state index in [1.54, 1.807) is 31.5 Å². The maximum atomic E-state index is 9.94. The van der Waals surface area contributed by atoms with Crippen LogP contribution in [-0.2, 0) is 0 Å². The summed E-state index contributed by atoms with van der Waals surface area (Å²) in [5, 5.41) is 10.5. The van der Waals surface area contributed by atoms with Crippen LogP contribution in [0.25, 0.3) is 0 Å². The maximum absolute atomic E-state index is 9.94. The van der Waals surface area contributed by atoms with Gasteiger partial charge in [0.25, 0.3) is 0 Å². The highest BCUT2D eigenvalue weighted by molar-refractivity contribution is 6.30. The van der Waals surface area contributed by atoms with Crippen molar-refractivity contribution in [2.45, 2.75) is 18.9 Å². The Hall–Kier alpha value is -2.04. The first-order valence-electron chi connectivity index (χ1n) is 8.65. The molecule has 1 fully saturated rings. The van der Waals surface area contributed by atoms with Crippen LogP contribution >= 0.6 is 11.6 Å². The molecule has 4 nitrogen and oxygen atoms in total. The van der Waals surface area contributed by atoms with Gasteiger partial charge in [0, 0.05) is 29.6 Å². The van der Waals surface area contributed by atoms with Gasteiger partial charge in [0.05, 0.1) is 32.3 Å². The quantitative estimate of drug-likeness (QED) is 0.779. The first kappa shape index (κ1) is 17.8. The second kappa shape index (κ2) is 8.37. The third-order valence-electron chi connectivity index (χ3n) is 4.76. The molecular formula is C20H24ClN2O2+. The monoisotopic (exact) mass is 359 g/mol. The number of phenolic OH excluding ortho intramolecular Hbond substituents is 1. The van der Waals surface area contributed by atoms with Gasteiger partial charge < -0.3 is 14.7 Å². The summed E-state index contributed by atoms with van der Waals surface area (Å²) >= 11 is 6.00. The first-order chi connectivity index (χ1) is 12.2. The zero-order valence-corrected chi connectivity index (χ0v) is 15.2. The maximum Gasteiger partial charge on any atom is 0.136 e. The molecule has 2 N–H and O–H groups in total. The van der Waals surface area contributed by atoms with Crippen LogP contribution in [0.4, 0.5) is 0 Å². The van der Waals surface area contributed by atoms with Crippen molar-refractivity contribution in [2.75, 3.05) is 26.7 Å². The van der Waals surface area contributed by atoms with E-state index in [9.17, 15) is 5.11 Å². The molecule has 5 heteroatoms. The number of halogens is 1. The molecular weight excluding hydrogens is 336 g/mol. The number of aromatic hydroxyl groups is 1. The Bertz CT molecular complexity index is 742. The van der Waals surface area contributed by atoms with Crippen molar-refractivity contribution >= 4 is 17.8 Å². The van der Waals surface area contributed by atoms with E-state index in [0.29, 0.717) is 17.1 Å². The topological polar surface area (TPSA) is 46.3 Å². The minimum absolute atomic E-state index is 0.190. The highest BCUT2D eigenvalue weighted by atomic mass is 35.5. The first-order valence-corrected chi connectivity index (χ1v) is 9.02. The van der Waals surface area contributed by atoms with E-state index in [1.165, 1.54) is 23.3 Å². The number of rotatable bonds is 6. The molecule has 0 saturated carbocycles. The normalized spacial score (nSPS) is 16.4. The number of ether oxygens (including phenoxy) is 1. The lowest BCUT2D eigenvalue weighted by molar-refractivity contribution is -0.918. The van der Waals surface area contributed by atoms with E-state index < -0.39 is 0 Å². The molecule has 1 aliphatic rings. The molecule has 3 rings (SSSR count). The van der Waals surface area contributed by atoms with Gasteiger partial charge in [-0.2, -0.15) is 0 Å². The van der Waals surface area contributed by atoms with Crippen molar-refractivity contribution < 1.29 is 14.7 Å². The third-order valence-corrected chi connectivity index (χ3v) is 5.00. The van der Waals surface area contributed by atoms with Crippen LogP contribution < -0.4 is 9.64 Å². The van der Waals surface area contributed by atoms with Crippen LogP contribution in [-0.4, -0.2) is 38.1 Å². The molecule has 1 heterocycles. The summed E-state index contributed by atoms with van der Waals surface area (Å²) in [5.74, 6) is 1.10. The summed E-state index contributed by atoms with van der Waals surface area (Å²) in [5.41, 5.74) is 1.83. The smallest absolute Gasteiger partial charge is 0.136 e. The van der Waals surface area contributed by atoms with Gasteiger partial charge in [-0.15, -0.1) is 0 Å². The predicted molar refractivity (Wildman–Crippen MR) is 101 cm³/mol. The number of quaternary nitrogens is 1. The minimum Gasteiger partial charge on any atom is -0.507 e. The Morgan fingerprint density at radius 3 is 2.76 bits per heavy atom. The molecule has 0 amide bonds. The van der Waals surface area contributed by atoms with E-state index in [2.05, 4.69) is 11.1 Å². The summed E-state index contributed by atoms with van der Waals surface area (Å²) in [6.45, 7) is 2.95. The molecule has 0 unspecified atom stereocenters. The number of nitrogens with zero attached hydrogens (tertiary/aromatic N) is 1. The number of nitrogens with one attached hydrogen (secondary N) is 1. The highest BCUT2D eigenvalue weighted by Crippen LogP contribution is 2.24. The second-order valence-corrected chi connectivity index (χ2v) is 6.79. The van der Waals surface area contributed by atoms with Crippen molar-refractivity contribution in [1.82, 2.24) is 0 Å². The van der Waals surface area contributed by atoms with Crippen molar-refractivity contribution in [3.05, 3.63) is 58.6 Å². The lowest BCUT2D eigenvalue weighted by Gasteiger charge is -2.25. The number of para-hydroxylation sites is 1. The van der Waals surface area contributed by atoms with Crippen LogP contribution in [0, 0.1) is 0 Å². The summed E-state index contributed by atoms with van der Waals surface area (Å²) in [7, 11) is 1.71. The largest absolute Gasteiger partial charge is 0.507 e. The summed E-state index contributed by atoms with van der Waals surface area (Å²) in [6, 6.07) is 13.4. The molecule has 0 bridgehead atoms. The number of aliphatic imine (C=N–C) groups is 1. The lowest BCUT2D eigenvalue weighted by Crippen LogP contribution is -3.10. The Morgan fingerprint density at radius 1 is 1.24 bits per heavy atom.